The molecule has 1 aromatic rings. The first-order chi connectivity index (χ1) is 9.74. The lowest BCUT2D eigenvalue weighted by Crippen LogP contribution is -2.64. The molecular formula is C17H24N2O. The van der Waals surface area contributed by atoms with E-state index in [9.17, 15) is 0 Å². The van der Waals surface area contributed by atoms with Gasteiger partial charge in [0.25, 0.3) is 0 Å². The Bertz CT molecular complexity index is 530. The summed E-state index contributed by atoms with van der Waals surface area (Å²) in [6, 6.07) is 7.47. The number of nitrogens with one attached hydrogen (secondary N) is 1. The van der Waals surface area contributed by atoms with Crippen molar-refractivity contribution in [1.29, 1.82) is 0 Å². The highest BCUT2D eigenvalue weighted by Gasteiger charge is 2.53. The smallest absolute Gasteiger partial charge is 0.119 e. The molecule has 2 bridgehead atoms. The van der Waals surface area contributed by atoms with Gasteiger partial charge in [0.2, 0.25) is 0 Å². The molecule has 2 fully saturated rings. The van der Waals surface area contributed by atoms with Gasteiger partial charge in [0.1, 0.15) is 5.75 Å². The molecule has 3 atom stereocenters. The summed E-state index contributed by atoms with van der Waals surface area (Å²) in [6.07, 6.45) is 3.78. The second-order valence-electron chi connectivity index (χ2n) is 6.74. The number of likely N-dealkylation sites (tertiary alicyclic amines) is 1. The molecule has 4 rings (SSSR count). The maximum Gasteiger partial charge on any atom is 0.119 e. The van der Waals surface area contributed by atoms with Crippen LogP contribution in [0, 0.1) is 5.92 Å². The van der Waals surface area contributed by atoms with E-state index < -0.39 is 0 Å². The largest absolute Gasteiger partial charge is 0.497 e. The first-order valence-electron chi connectivity index (χ1n) is 7.83. The first kappa shape index (κ1) is 12.7. The van der Waals surface area contributed by atoms with Gasteiger partial charge in [-0.3, -0.25) is 0 Å². The summed E-state index contributed by atoms with van der Waals surface area (Å²) in [7, 11) is 4.08. The molecule has 2 saturated heterocycles. The minimum atomic E-state index is 0.393. The average Bonchev–Trinajstić information content (AvgIpc) is 2.50. The molecule has 0 saturated carbocycles. The van der Waals surface area contributed by atoms with Gasteiger partial charge in [-0.2, -0.15) is 0 Å². The Kier molecular flexibility index (Phi) is 2.83. The molecule has 0 unspecified atom stereocenters. The molecule has 1 N–H and O–H groups in total. The Morgan fingerprint density at radius 3 is 3.10 bits per heavy atom. The van der Waals surface area contributed by atoms with E-state index in [0.29, 0.717) is 11.5 Å². The summed E-state index contributed by atoms with van der Waals surface area (Å²) in [5.41, 5.74) is 3.54. The summed E-state index contributed by atoms with van der Waals surface area (Å²) in [4.78, 5) is 2.59. The van der Waals surface area contributed by atoms with E-state index in [4.69, 9.17) is 4.74 Å². The van der Waals surface area contributed by atoms with Crippen molar-refractivity contribution in [1.82, 2.24) is 10.2 Å². The van der Waals surface area contributed by atoms with Gasteiger partial charge in [-0.15, -0.1) is 0 Å². The number of methoxy groups -OCH3 is 1. The fraction of sp³-hybridized carbons (Fsp3) is 0.647. The third kappa shape index (κ3) is 1.60. The van der Waals surface area contributed by atoms with Gasteiger partial charge in [0.05, 0.1) is 7.11 Å². The molecule has 3 nitrogen and oxygen atoms in total. The molecule has 20 heavy (non-hydrogen) atoms. The Hall–Kier alpha value is -1.06. The number of likely N-dealkylation sites (N-methyl/N-ethyl adjacent to an activating group) is 1. The van der Waals surface area contributed by atoms with E-state index in [1.165, 1.54) is 32.4 Å². The normalized spacial score (nSPS) is 36.1. The second kappa shape index (κ2) is 4.47. The van der Waals surface area contributed by atoms with Crippen molar-refractivity contribution in [3.63, 3.8) is 0 Å². The van der Waals surface area contributed by atoms with Crippen LogP contribution < -0.4 is 10.1 Å². The molecule has 1 aliphatic carbocycles. The van der Waals surface area contributed by atoms with Crippen LogP contribution in [0.15, 0.2) is 18.2 Å². The van der Waals surface area contributed by atoms with Crippen molar-refractivity contribution in [2.45, 2.75) is 30.7 Å². The van der Waals surface area contributed by atoms with E-state index >= 15 is 0 Å². The highest BCUT2D eigenvalue weighted by atomic mass is 16.5. The molecule has 3 heteroatoms. The number of hydrogen-bond acceptors (Lipinski definition) is 3. The third-order valence-electron chi connectivity index (χ3n) is 6.05. The van der Waals surface area contributed by atoms with E-state index in [2.05, 4.69) is 35.5 Å². The van der Waals surface area contributed by atoms with E-state index in [0.717, 1.165) is 18.2 Å². The third-order valence-corrected chi connectivity index (χ3v) is 6.05. The van der Waals surface area contributed by atoms with Gasteiger partial charge >= 0.3 is 0 Å². The number of benzene rings is 1. The van der Waals surface area contributed by atoms with Crippen molar-refractivity contribution >= 4 is 0 Å². The monoisotopic (exact) mass is 272 g/mol. The summed E-state index contributed by atoms with van der Waals surface area (Å²) in [5.74, 6) is 1.78. The predicted octanol–water partition coefficient (Wildman–Crippen LogP) is 1.80. The molecule has 0 spiro atoms. The highest BCUT2D eigenvalue weighted by molar-refractivity contribution is 5.45. The fourth-order valence-electron chi connectivity index (χ4n) is 4.93. The molecule has 0 amide bonds. The minimum absolute atomic E-state index is 0.393. The number of hydrogen-bond donors (Lipinski definition) is 1. The van der Waals surface area contributed by atoms with Gasteiger partial charge in [-0.05, 0) is 68.6 Å². The summed E-state index contributed by atoms with van der Waals surface area (Å²) in [6.45, 7) is 3.56. The van der Waals surface area contributed by atoms with Crippen molar-refractivity contribution in [3.8, 4) is 5.75 Å². The summed E-state index contributed by atoms with van der Waals surface area (Å²) in [5, 5.41) is 3.63. The zero-order chi connectivity index (χ0) is 13.7. The van der Waals surface area contributed by atoms with Crippen molar-refractivity contribution in [2.75, 3.05) is 33.8 Å². The van der Waals surface area contributed by atoms with Crippen molar-refractivity contribution in [2.24, 2.45) is 5.92 Å². The van der Waals surface area contributed by atoms with Gasteiger partial charge in [0.15, 0.2) is 0 Å². The molecule has 2 heterocycles. The second-order valence-corrected chi connectivity index (χ2v) is 6.74. The van der Waals surface area contributed by atoms with Crippen LogP contribution in [-0.2, 0) is 11.8 Å². The SMILES string of the molecule is COc1ccc2c(c1)[C@@]13CCNC[C@H]1[C@@H](C2)N(C)CC3. The summed E-state index contributed by atoms with van der Waals surface area (Å²) >= 11 is 0. The van der Waals surface area contributed by atoms with Crippen molar-refractivity contribution in [3.05, 3.63) is 29.3 Å². The quantitative estimate of drug-likeness (QED) is 0.844. The van der Waals surface area contributed by atoms with E-state index in [1.54, 1.807) is 18.2 Å². The van der Waals surface area contributed by atoms with Gasteiger partial charge in [-0.1, -0.05) is 6.07 Å². The van der Waals surface area contributed by atoms with E-state index in [1.807, 2.05) is 0 Å². The predicted molar refractivity (Wildman–Crippen MR) is 80.4 cm³/mol. The number of fused-ring (bicyclic) bond motifs is 1. The van der Waals surface area contributed by atoms with Crippen LogP contribution in [0.4, 0.5) is 0 Å². The van der Waals surface area contributed by atoms with Crippen LogP contribution in [0.1, 0.15) is 24.0 Å². The molecule has 2 aliphatic heterocycles. The topological polar surface area (TPSA) is 24.5 Å². The summed E-state index contributed by atoms with van der Waals surface area (Å²) < 4.78 is 5.49. The van der Waals surface area contributed by atoms with Crippen LogP contribution in [0.5, 0.6) is 5.75 Å². The minimum Gasteiger partial charge on any atom is -0.497 e. The number of rotatable bonds is 1. The Labute approximate surface area is 121 Å². The standard InChI is InChI=1S/C17H24N2O/c1-19-8-6-17-5-7-18-11-15(17)16(19)9-12-3-4-13(20-2)10-14(12)17/h3-4,10,15-16,18H,5-9,11H2,1-2H3/t15-,16+,17-/m0/s1. The van der Waals surface area contributed by atoms with Crippen LogP contribution >= 0.6 is 0 Å². The molecule has 1 aromatic carbocycles. The van der Waals surface area contributed by atoms with Crippen LogP contribution in [0.2, 0.25) is 0 Å². The Balaban J connectivity index is 1.88. The average molecular weight is 272 g/mol. The molecule has 0 radical (unpaired) electrons. The fourth-order valence-corrected chi connectivity index (χ4v) is 4.93. The maximum atomic E-state index is 5.49. The lowest BCUT2D eigenvalue weighted by molar-refractivity contribution is 0.0114. The lowest BCUT2D eigenvalue weighted by Gasteiger charge is -2.58. The highest BCUT2D eigenvalue weighted by Crippen LogP contribution is 2.52. The van der Waals surface area contributed by atoms with Crippen molar-refractivity contribution < 1.29 is 4.74 Å². The Morgan fingerprint density at radius 2 is 2.25 bits per heavy atom. The number of piperidine rings is 2. The zero-order valence-corrected chi connectivity index (χ0v) is 12.5. The van der Waals surface area contributed by atoms with Gasteiger partial charge in [0, 0.05) is 18.0 Å². The first-order valence-corrected chi connectivity index (χ1v) is 7.83. The maximum absolute atomic E-state index is 5.49. The number of ether oxygens (including phenoxy) is 1. The lowest BCUT2D eigenvalue weighted by atomic mass is 9.55. The molecule has 3 aliphatic rings. The Morgan fingerprint density at radius 1 is 1.35 bits per heavy atom. The van der Waals surface area contributed by atoms with E-state index in [-0.39, 0.29) is 0 Å². The molecular weight excluding hydrogens is 248 g/mol. The van der Waals surface area contributed by atoms with Gasteiger partial charge < -0.3 is 15.0 Å². The van der Waals surface area contributed by atoms with Gasteiger partial charge in [-0.25, -0.2) is 0 Å². The number of nitrogens with zero attached hydrogens (tertiary/aromatic N) is 1. The van der Waals surface area contributed by atoms with Crippen LogP contribution in [-0.4, -0.2) is 44.7 Å². The molecule has 0 aromatic heterocycles. The van der Waals surface area contributed by atoms with Crippen LogP contribution in [0.25, 0.3) is 0 Å². The zero-order valence-electron chi connectivity index (χ0n) is 12.5. The van der Waals surface area contributed by atoms with Crippen LogP contribution in [0.3, 0.4) is 0 Å². The molecule has 108 valence electrons.